The molecule has 1 aromatic carbocycles. The van der Waals surface area contributed by atoms with Gasteiger partial charge in [0.2, 0.25) is 12.3 Å². The van der Waals surface area contributed by atoms with Crippen molar-refractivity contribution in [3.63, 3.8) is 0 Å². The highest BCUT2D eigenvalue weighted by atomic mass is 16.5. The van der Waals surface area contributed by atoms with Gasteiger partial charge in [0, 0.05) is 5.69 Å². The number of anilines is 1. The average molecular weight is 246 g/mol. The molecule has 94 valence electrons. The fourth-order valence-corrected chi connectivity index (χ4v) is 1.57. The average Bonchev–Trinajstić information content (AvgIpc) is 2.88. The summed E-state index contributed by atoms with van der Waals surface area (Å²) in [5, 5.41) is 6.35. The van der Waals surface area contributed by atoms with E-state index in [9.17, 15) is 4.79 Å². The van der Waals surface area contributed by atoms with Crippen LogP contribution in [-0.4, -0.2) is 16.0 Å². The summed E-state index contributed by atoms with van der Waals surface area (Å²) in [5.74, 6) is 0.0638. The van der Waals surface area contributed by atoms with E-state index in [0.717, 1.165) is 5.56 Å². The lowest BCUT2D eigenvalue weighted by Gasteiger charge is -2.12. The molecule has 1 unspecified atom stereocenters. The van der Waals surface area contributed by atoms with Gasteiger partial charge < -0.3 is 15.6 Å². The Kier molecular flexibility index (Phi) is 3.57. The lowest BCUT2D eigenvalue weighted by Crippen LogP contribution is -2.28. The Hall–Kier alpha value is -2.37. The zero-order valence-corrected chi connectivity index (χ0v) is 9.96. The number of nitrogens with one attached hydrogen (secondary N) is 1. The molecule has 0 bridgehead atoms. The third kappa shape index (κ3) is 2.85. The van der Waals surface area contributed by atoms with E-state index in [1.54, 1.807) is 12.1 Å². The largest absolute Gasteiger partial charge is 0.399 e. The molecule has 1 amide bonds. The third-order valence-corrected chi connectivity index (χ3v) is 2.63. The summed E-state index contributed by atoms with van der Waals surface area (Å²) in [4.78, 5) is 15.7. The predicted molar refractivity (Wildman–Crippen MR) is 65.4 cm³/mol. The zero-order valence-electron chi connectivity index (χ0n) is 9.96. The van der Waals surface area contributed by atoms with Gasteiger partial charge in [-0.15, -0.1) is 0 Å². The Morgan fingerprint density at radius 2 is 2.39 bits per heavy atom. The van der Waals surface area contributed by atoms with Crippen LogP contribution in [0.4, 0.5) is 5.69 Å². The molecule has 2 rings (SSSR count). The highest BCUT2D eigenvalue weighted by molar-refractivity contribution is 5.83. The number of amides is 1. The number of hydrogen-bond donors (Lipinski definition) is 2. The number of hydrogen-bond acceptors (Lipinski definition) is 5. The molecule has 0 fully saturated rings. The molecular formula is C12H14N4O2. The lowest BCUT2D eigenvalue weighted by atomic mass is 10.00. The van der Waals surface area contributed by atoms with E-state index >= 15 is 0 Å². The minimum Gasteiger partial charge on any atom is -0.399 e. The number of carbonyl (C=O) groups excluding carboxylic acids is 1. The van der Waals surface area contributed by atoms with E-state index in [1.165, 1.54) is 6.39 Å². The maximum Gasteiger partial charge on any atom is 0.227 e. The van der Waals surface area contributed by atoms with Crippen molar-refractivity contribution in [1.82, 2.24) is 15.5 Å². The minimum atomic E-state index is -0.277. The first kappa shape index (κ1) is 12.1. The van der Waals surface area contributed by atoms with Crippen LogP contribution < -0.4 is 11.1 Å². The van der Waals surface area contributed by atoms with Crippen LogP contribution in [0.15, 0.2) is 35.2 Å². The summed E-state index contributed by atoms with van der Waals surface area (Å²) in [6.07, 6.45) is 1.23. The second-order valence-electron chi connectivity index (χ2n) is 3.96. The molecule has 6 nitrogen and oxygen atoms in total. The molecule has 0 aliphatic carbocycles. The van der Waals surface area contributed by atoms with E-state index in [-0.39, 0.29) is 18.4 Å². The summed E-state index contributed by atoms with van der Waals surface area (Å²) in [6.45, 7) is 2.07. The maximum absolute atomic E-state index is 11.9. The molecule has 0 saturated carbocycles. The van der Waals surface area contributed by atoms with Gasteiger partial charge >= 0.3 is 0 Å². The van der Waals surface area contributed by atoms with Crippen molar-refractivity contribution >= 4 is 11.6 Å². The summed E-state index contributed by atoms with van der Waals surface area (Å²) >= 11 is 0. The van der Waals surface area contributed by atoms with Crippen LogP contribution in [0.2, 0.25) is 0 Å². The SMILES string of the molecule is CC(C(=O)NCc1ncon1)c1cccc(N)c1. The smallest absolute Gasteiger partial charge is 0.227 e. The lowest BCUT2D eigenvalue weighted by molar-refractivity contribution is -0.122. The van der Waals surface area contributed by atoms with Gasteiger partial charge in [0.25, 0.3) is 0 Å². The van der Waals surface area contributed by atoms with Gasteiger partial charge in [-0.1, -0.05) is 17.3 Å². The Labute approximate surface area is 104 Å². The topological polar surface area (TPSA) is 94.0 Å². The molecule has 1 atom stereocenters. The standard InChI is InChI=1S/C12H14N4O2/c1-8(9-3-2-4-10(13)5-9)12(17)14-6-11-15-7-18-16-11/h2-5,7-8H,6,13H2,1H3,(H,14,17). The monoisotopic (exact) mass is 246 g/mol. The normalized spacial score (nSPS) is 12.1. The fraction of sp³-hybridized carbons (Fsp3) is 0.250. The highest BCUT2D eigenvalue weighted by Crippen LogP contribution is 2.17. The van der Waals surface area contributed by atoms with E-state index in [0.29, 0.717) is 11.5 Å². The van der Waals surface area contributed by atoms with Crippen molar-refractivity contribution in [1.29, 1.82) is 0 Å². The van der Waals surface area contributed by atoms with Gasteiger partial charge in [-0.25, -0.2) is 0 Å². The van der Waals surface area contributed by atoms with Crippen LogP contribution >= 0.6 is 0 Å². The van der Waals surface area contributed by atoms with Gasteiger partial charge in [-0.3, -0.25) is 4.79 Å². The van der Waals surface area contributed by atoms with Crippen LogP contribution in [0.3, 0.4) is 0 Å². The van der Waals surface area contributed by atoms with Gasteiger partial charge in [0.05, 0.1) is 12.5 Å². The van der Waals surface area contributed by atoms with Crippen molar-refractivity contribution in [3.8, 4) is 0 Å². The first-order valence-electron chi connectivity index (χ1n) is 5.55. The van der Waals surface area contributed by atoms with Gasteiger partial charge in [0.1, 0.15) is 0 Å². The van der Waals surface area contributed by atoms with Gasteiger partial charge in [0.15, 0.2) is 5.82 Å². The summed E-state index contributed by atoms with van der Waals surface area (Å²) in [7, 11) is 0. The number of nitrogen functional groups attached to an aromatic ring is 1. The van der Waals surface area contributed by atoms with Crippen molar-refractivity contribution in [2.24, 2.45) is 0 Å². The first-order chi connectivity index (χ1) is 8.66. The Bertz CT molecular complexity index is 525. The molecule has 1 aromatic heterocycles. The number of benzene rings is 1. The van der Waals surface area contributed by atoms with Crippen LogP contribution in [0.25, 0.3) is 0 Å². The summed E-state index contributed by atoms with van der Waals surface area (Å²) in [6, 6.07) is 7.27. The van der Waals surface area contributed by atoms with Crippen LogP contribution in [0.1, 0.15) is 24.2 Å². The zero-order chi connectivity index (χ0) is 13.0. The van der Waals surface area contributed by atoms with Crippen LogP contribution in [0, 0.1) is 0 Å². The molecule has 3 N–H and O–H groups in total. The fourth-order valence-electron chi connectivity index (χ4n) is 1.57. The Morgan fingerprint density at radius 1 is 1.56 bits per heavy atom. The second-order valence-corrected chi connectivity index (χ2v) is 3.96. The molecule has 6 heteroatoms. The number of nitrogens with two attached hydrogens (primary N) is 1. The molecule has 1 heterocycles. The van der Waals surface area contributed by atoms with E-state index in [2.05, 4.69) is 20.0 Å². The Morgan fingerprint density at radius 3 is 3.06 bits per heavy atom. The van der Waals surface area contributed by atoms with E-state index in [1.807, 2.05) is 19.1 Å². The van der Waals surface area contributed by atoms with Crippen molar-refractivity contribution in [2.75, 3.05) is 5.73 Å². The number of carbonyl (C=O) groups is 1. The third-order valence-electron chi connectivity index (χ3n) is 2.63. The number of aromatic nitrogens is 2. The van der Waals surface area contributed by atoms with E-state index in [4.69, 9.17) is 5.73 Å². The van der Waals surface area contributed by atoms with Crippen molar-refractivity contribution in [3.05, 3.63) is 42.0 Å². The number of rotatable bonds is 4. The van der Waals surface area contributed by atoms with Crippen LogP contribution in [-0.2, 0) is 11.3 Å². The molecule has 0 saturated heterocycles. The molecule has 0 aliphatic heterocycles. The van der Waals surface area contributed by atoms with Gasteiger partial charge in [-0.2, -0.15) is 4.98 Å². The summed E-state index contributed by atoms with van der Waals surface area (Å²) < 4.78 is 4.58. The van der Waals surface area contributed by atoms with E-state index < -0.39 is 0 Å². The molecule has 0 aliphatic rings. The molecular weight excluding hydrogens is 232 g/mol. The predicted octanol–water partition coefficient (Wildman–Crippen LogP) is 1.07. The number of nitrogens with zero attached hydrogens (tertiary/aromatic N) is 2. The highest BCUT2D eigenvalue weighted by Gasteiger charge is 2.15. The summed E-state index contributed by atoms with van der Waals surface area (Å²) in [5.41, 5.74) is 7.20. The second kappa shape index (κ2) is 5.31. The molecule has 2 aromatic rings. The maximum atomic E-state index is 11.9. The molecule has 0 spiro atoms. The molecule has 0 radical (unpaired) electrons. The first-order valence-corrected chi connectivity index (χ1v) is 5.55. The quantitative estimate of drug-likeness (QED) is 0.787. The molecule has 18 heavy (non-hydrogen) atoms. The Balaban J connectivity index is 1.96. The van der Waals surface area contributed by atoms with Gasteiger partial charge in [-0.05, 0) is 24.6 Å². The van der Waals surface area contributed by atoms with Crippen molar-refractivity contribution in [2.45, 2.75) is 19.4 Å². The van der Waals surface area contributed by atoms with Crippen molar-refractivity contribution < 1.29 is 9.32 Å². The van der Waals surface area contributed by atoms with Crippen LogP contribution in [0.5, 0.6) is 0 Å². The minimum absolute atomic E-state index is 0.106.